The highest BCUT2D eigenvalue weighted by Gasteiger charge is 2.39. The molecule has 1 heterocycles. The van der Waals surface area contributed by atoms with Crippen molar-refractivity contribution in [3.63, 3.8) is 0 Å². The van der Waals surface area contributed by atoms with Gasteiger partial charge >= 0.3 is 0 Å². The second-order valence-corrected chi connectivity index (χ2v) is 5.98. The highest BCUT2D eigenvalue weighted by molar-refractivity contribution is 6.22. The van der Waals surface area contributed by atoms with Crippen molar-refractivity contribution in [1.29, 1.82) is 0 Å². The highest BCUT2D eigenvalue weighted by atomic mass is 16.2. The van der Waals surface area contributed by atoms with Gasteiger partial charge in [0.1, 0.15) is 0 Å². The first-order valence-corrected chi connectivity index (χ1v) is 7.77. The molecule has 118 valence electrons. The molecule has 1 aliphatic rings. The van der Waals surface area contributed by atoms with Crippen molar-refractivity contribution in [2.45, 2.75) is 32.9 Å². The third kappa shape index (κ3) is 3.17. The van der Waals surface area contributed by atoms with Crippen LogP contribution in [0.25, 0.3) is 0 Å². The fourth-order valence-corrected chi connectivity index (χ4v) is 2.94. The van der Waals surface area contributed by atoms with Crippen LogP contribution in [-0.2, 0) is 16.1 Å². The molecule has 1 atom stereocenters. The number of rotatable bonds is 4. The van der Waals surface area contributed by atoms with Gasteiger partial charge in [-0.25, -0.2) is 4.90 Å². The molecular weight excluding hydrogens is 288 g/mol. The Morgan fingerprint density at radius 1 is 1.09 bits per heavy atom. The summed E-state index contributed by atoms with van der Waals surface area (Å²) in [5.74, 6) is -0.314. The largest absolute Gasteiger partial charge is 0.301 e. The summed E-state index contributed by atoms with van der Waals surface area (Å²) in [5.41, 5.74) is 3.84. The van der Waals surface area contributed by atoms with Crippen molar-refractivity contribution < 1.29 is 9.59 Å². The lowest BCUT2D eigenvalue weighted by atomic mass is 10.1. The molecule has 1 unspecified atom stereocenters. The number of aryl methyl sites for hydroxylation is 2. The summed E-state index contributed by atoms with van der Waals surface area (Å²) in [5, 5.41) is 3.20. The van der Waals surface area contributed by atoms with E-state index in [-0.39, 0.29) is 18.2 Å². The minimum absolute atomic E-state index is 0.146. The molecule has 23 heavy (non-hydrogen) atoms. The molecule has 2 amide bonds. The topological polar surface area (TPSA) is 49.4 Å². The molecule has 1 saturated heterocycles. The molecule has 0 bridgehead atoms. The Hall–Kier alpha value is -2.46. The molecule has 4 nitrogen and oxygen atoms in total. The van der Waals surface area contributed by atoms with Crippen LogP contribution >= 0.6 is 0 Å². The van der Waals surface area contributed by atoms with E-state index in [2.05, 4.69) is 5.32 Å². The Bertz CT molecular complexity index is 740. The molecule has 0 spiro atoms. The van der Waals surface area contributed by atoms with Crippen LogP contribution in [0.15, 0.2) is 48.5 Å². The molecule has 0 saturated carbocycles. The van der Waals surface area contributed by atoms with E-state index in [1.54, 1.807) is 0 Å². The Morgan fingerprint density at radius 3 is 2.52 bits per heavy atom. The first-order valence-electron chi connectivity index (χ1n) is 7.77. The maximum absolute atomic E-state index is 12.6. The summed E-state index contributed by atoms with van der Waals surface area (Å²) >= 11 is 0. The van der Waals surface area contributed by atoms with Crippen LogP contribution in [0.5, 0.6) is 0 Å². The third-order valence-electron chi connectivity index (χ3n) is 4.14. The fourth-order valence-electron chi connectivity index (χ4n) is 2.94. The minimum Gasteiger partial charge on any atom is -0.301 e. The lowest BCUT2D eigenvalue weighted by molar-refractivity contribution is -0.121. The van der Waals surface area contributed by atoms with Crippen LogP contribution < -0.4 is 10.2 Å². The summed E-state index contributed by atoms with van der Waals surface area (Å²) < 4.78 is 0. The van der Waals surface area contributed by atoms with Gasteiger partial charge in [0.2, 0.25) is 5.91 Å². The van der Waals surface area contributed by atoms with Crippen LogP contribution in [0.1, 0.15) is 23.1 Å². The van der Waals surface area contributed by atoms with Crippen LogP contribution in [0.4, 0.5) is 5.69 Å². The lowest BCUT2D eigenvalue weighted by Crippen LogP contribution is -2.38. The predicted molar refractivity (Wildman–Crippen MR) is 90.1 cm³/mol. The molecule has 0 aliphatic carbocycles. The van der Waals surface area contributed by atoms with Crippen LogP contribution in [-0.4, -0.2) is 17.9 Å². The van der Waals surface area contributed by atoms with E-state index in [1.807, 2.05) is 62.4 Å². The summed E-state index contributed by atoms with van der Waals surface area (Å²) in [6.07, 6.45) is 0.207. The number of amides is 2. The maximum atomic E-state index is 12.6. The van der Waals surface area contributed by atoms with E-state index in [0.717, 1.165) is 16.7 Å². The van der Waals surface area contributed by atoms with Gasteiger partial charge in [-0.05, 0) is 31.0 Å². The molecule has 1 N–H and O–H groups in total. The number of hydrogen-bond donors (Lipinski definition) is 1. The molecule has 0 aromatic heterocycles. The van der Waals surface area contributed by atoms with E-state index in [4.69, 9.17) is 0 Å². The van der Waals surface area contributed by atoms with E-state index in [9.17, 15) is 9.59 Å². The summed E-state index contributed by atoms with van der Waals surface area (Å²) in [4.78, 5) is 26.2. The number of anilines is 1. The van der Waals surface area contributed by atoms with Gasteiger partial charge < -0.3 is 5.32 Å². The van der Waals surface area contributed by atoms with Gasteiger partial charge in [-0.2, -0.15) is 0 Å². The average Bonchev–Trinajstić information content (AvgIpc) is 2.81. The van der Waals surface area contributed by atoms with Gasteiger partial charge in [-0.3, -0.25) is 9.59 Å². The average molecular weight is 308 g/mol. The fraction of sp³-hybridized carbons (Fsp3) is 0.263. The summed E-state index contributed by atoms with van der Waals surface area (Å²) in [7, 11) is 0. The Balaban J connectivity index is 1.75. The van der Waals surface area contributed by atoms with Crippen molar-refractivity contribution >= 4 is 17.5 Å². The third-order valence-corrected chi connectivity index (χ3v) is 4.14. The van der Waals surface area contributed by atoms with Crippen molar-refractivity contribution in [3.05, 3.63) is 65.2 Å². The van der Waals surface area contributed by atoms with Crippen LogP contribution in [0.2, 0.25) is 0 Å². The second-order valence-electron chi connectivity index (χ2n) is 5.98. The van der Waals surface area contributed by atoms with Crippen LogP contribution in [0.3, 0.4) is 0 Å². The van der Waals surface area contributed by atoms with Gasteiger partial charge in [0.15, 0.2) is 0 Å². The summed E-state index contributed by atoms with van der Waals surface area (Å²) in [6.45, 7) is 4.49. The molecule has 4 heteroatoms. The number of hydrogen-bond acceptors (Lipinski definition) is 3. The Labute approximate surface area is 136 Å². The van der Waals surface area contributed by atoms with Crippen molar-refractivity contribution in [3.8, 4) is 0 Å². The molecule has 1 aliphatic heterocycles. The first-order chi connectivity index (χ1) is 11.1. The zero-order valence-corrected chi connectivity index (χ0v) is 13.4. The van der Waals surface area contributed by atoms with Crippen molar-refractivity contribution in [2.24, 2.45) is 0 Å². The number of nitrogens with zero attached hydrogens (tertiary/aromatic N) is 1. The van der Waals surface area contributed by atoms with Crippen LogP contribution in [0, 0.1) is 13.8 Å². The molecular formula is C19H20N2O2. The van der Waals surface area contributed by atoms with Gasteiger partial charge in [0.05, 0.1) is 18.2 Å². The number of nitrogens with one attached hydrogen (secondary N) is 1. The number of carbonyl (C=O) groups excluding carboxylic acids is 2. The number of benzene rings is 2. The standard InChI is InChI=1S/C19H20N2O2/c1-13-8-9-17(14(2)10-13)21-18(22)11-16(19(21)23)20-12-15-6-4-3-5-7-15/h3-10,16,20H,11-12H2,1-2H3. The molecule has 2 aromatic rings. The molecule has 3 rings (SSSR count). The van der Waals surface area contributed by atoms with Gasteiger partial charge in [-0.15, -0.1) is 0 Å². The van der Waals surface area contributed by atoms with Gasteiger partial charge in [-0.1, -0.05) is 48.0 Å². The van der Waals surface area contributed by atoms with E-state index in [0.29, 0.717) is 12.2 Å². The maximum Gasteiger partial charge on any atom is 0.251 e. The molecule has 0 radical (unpaired) electrons. The van der Waals surface area contributed by atoms with E-state index < -0.39 is 6.04 Å². The van der Waals surface area contributed by atoms with Crippen molar-refractivity contribution in [2.75, 3.05) is 4.90 Å². The number of carbonyl (C=O) groups is 2. The predicted octanol–water partition coefficient (Wildman–Crippen LogP) is 2.73. The van der Waals surface area contributed by atoms with Gasteiger partial charge in [0.25, 0.3) is 5.91 Å². The van der Waals surface area contributed by atoms with Gasteiger partial charge in [0, 0.05) is 6.54 Å². The highest BCUT2D eigenvalue weighted by Crippen LogP contribution is 2.27. The molecule has 1 fully saturated rings. The normalized spacial score (nSPS) is 17.8. The second kappa shape index (κ2) is 6.34. The zero-order chi connectivity index (χ0) is 16.4. The zero-order valence-electron chi connectivity index (χ0n) is 13.4. The number of imide groups is 1. The van der Waals surface area contributed by atoms with E-state index >= 15 is 0 Å². The Kier molecular flexibility index (Phi) is 4.26. The van der Waals surface area contributed by atoms with E-state index in [1.165, 1.54) is 4.90 Å². The summed E-state index contributed by atoms with van der Waals surface area (Å²) in [6, 6.07) is 15.2. The monoisotopic (exact) mass is 308 g/mol. The van der Waals surface area contributed by atoms with Crippen molar-refractivity contribution in [1.82, 2.24) is 5.32 Å². The molecule has 2 aromatic carbocycles. The first kappa shape index (κ1) is 15.4. The SMILES string of the molecule is Cc1ccc(N2C(=O)CC(NCc3ccccc3)C2=O)c(C)c1. The minimum atomic E-state index is -0.455. The smallest absolute Gasteiger partial charge is 0.251 e. The quantitative estimate of drug-likeness (QED) is 0.884. The Morgan fingerprint density at radius 2 is 1.83 bits per heavy atom. The lowest BCUT2D eigenvalue weighted by Gasteiger charge is -2.18.